The highest BCUT2D eigenvalue weighted by Gasteiger charge is 2.17. The molecule has 0 spiro atoms. The summed E-state index contributed by atoms with van der Waals surface area (Å²) in [5, 5.41) is 12.1. The van der Waals surface area contributed by atoms with Crippen LogP contribution >= 0.6 is 11.6 Å². The lowest BCUT2D eigenvalue weighted by molar-refractivity contribution is -0.00234. The van der Waals surface area contributed by atoms with E-state index in [1.54, 1.807) is 12.3 Å². The third-order valence-corrected chi connectivity index (χ3v) is 3.65. The lowest BCUT2D eigenvalue weighted by atomic mass is 9.96. The first-order valence-electron chi connectivity index (χ1n) is 6.65. The first kappa shape index (κ1) is 13.3. The molecule has 1 saturated carbocycles. The summed E-state index contributed by atoms with van der Waals surface area (Å²) in [6, 6.07) is 1.69. The topological polar surface area (TPSA) is 78.9 Å². The van der Waals surface area contributed by atoms with Crippen LogP contribution in [0, 0.1) is 0 Å². The van der Waals surface area contributed by atoms with Crippen molar-refractivity contribution in [3.8, 4) is 11.1 Å². The molecule has 2 N–H and O–H groups in total. The molecule has 106 valence electrons. The number of anilines is 1. The number of hydrogen-bond donors (Lipinski definition) is 1. The highest BCUT2D eigenvalue weighted by molar-refractivity contribution is 6.29. The Morgan fingerprint density at radius 1 is 1.40 bits per heavy atom. The summed E-state index contributed by atoms with van der Waals surface area (Å²) < 4.78 is 7.55. The number of halogens is 1. The molecule has 0 atom stereocenters. The molecular formula is C13H16ClN5O. The van der Waals surface area contributed by atoms with E-state index in [4.69, 9.17) is 22.1 Å². The van der Waals surface area contributed by atoms with E-state index in [2.05, 4.69) is 15.3 Å². The Morgan fingerprint density at radius 3 is 3.00 bits per heavy atom. The van der Waals surface area contributed by atoms with Gasteiger partial charge in [0.25, 0.3) is 0 Å². The summed E-state index contributed by atoms with van der Waals surface area (Å²) in [4.78, 5) is 0. The Hall–Kier alpha value is -1.66. The lowest BCUT2D eigenvalue weighted by Gasteiger charge is -2.25. The normalized spacial score (nSPS) is 15.2. The van der Waals surface area contributed by atoms with Gasteiger partial charge in [-0.1, -0.05) is 11.6 Å². The number of hydrogen-bond acceptors (Lipinski definition) is 5. The average Bonchev–Trinajstić information content (AvgIpc) is 2.84. The number of nitrogens with zero attached hydrogens (tertiary/aromatic N) is 4. The maximum absolute atomic E-state index is 5.84. The predicted octanol–water partition coefficient (Wildman–Crippen LogP) is 2.14. The Labute approximate surface area is 121 Å². The van der Waals surface area contributed by atoms with Gasteiger partial charge >= 0.3 is 0 Å². The van der Waals surface area contributed by atoms with Crippen molar-refractivity contribution in [2.45, 2.75) is 31.9 Å². The van der Waals surface area contributed by atoms with E-state index < -0.39 is 0 Å². The second-order valence-corrected chi connectivity index (χ2v) is 5.27. The van der Waals surface area contributed by atoms with Gasteiger partial charge in [0.05, 0.1) is 25.5 Å². The monoisotopic (exact) mass is 293 g/mol. The zero-order valence-corrected chi connectivity index (χ0v) is 11.8. The number of ether oxygens (including phenoxy) is 1. The van der Waals surface area contributed by atoms with Crippen LogP contribution in [0.4, 0.5) is 5.82 Å². The second kappa shape index (κ2) is 5.76. The molecule has 0 bridgehead atoms. The van der Waals surface area contributed by atoms with Crippen LogP contribution in [-0.2, 0) is 11.3 Å². The van der Waals surface area contributed by atoms with Gasteiger partial charge in [-0.15, -0.1) is 10.2 Å². The number of nitrogen functional groups attached to an aromatic ring is 1. The van der Waals surface area contributed by atoms with Crippen LogP contribution < -0.4 is 5.73 Å². The Kier molecular flexibility index (Phi) is 3.84. The average molecular weight is 294 g/mol. The van der Waals surface area contributed by atoms with Crippen LogP contribution in [0.2, 0.25) is 5.15 Å². The predicted molar refractivity (Wildman–Crippen MR) is 76.3 cm³/mol. The summed E-state index contributed by atoms with van der Waals surface area (Å²) >= 11 is 5.84. The number of rotatable bonds is 5. The van der Waals surface area contributed by atoms with Crippen LogP contribution in [0.3, 0.4) is 0 Å². The fourth-order valence-corrected chi connectivity index (χ4v) is 2.23. The molecule has 20 heavy (non-hydrogen) atoms. The zero-order chi connectivity index (χ0) is 13.9. The van der Waals surface area contributed by atoms with Gasteiger partial charge in [0.15, 0.2) is 11.0 Å². The summed E-state index contributed by atoms with van der Waals surface area (Å²) in [5.74, 6) is 0.347. The standard InChI is InChI=1S/C13H16ClN5O/c14-12-6-11(13(15)18-17-12)9-7-16-19(8-9)4-5-20-10-2-1-3-10/h6-8,10H,1-5H2,(H2,15,18). The molecule has 0 amide bonds. The van der Waals surface area contributed by atoms with Crippen molar-refractivity contribution in [3.05, 3.63) is 23.6 Å². The summed E-state index contributed by atoms with van der Waals surface area (Å²) in [6.45, 7) is 1.40. The van der Waals surface area contributed by atoms with Crippen molar-refractivity contribution in [2.24, 2.45) is 0 Å². The van der Waals surface area contributed by atoms with Gasteiger partial charge in [0.1, 0.15) is 0 Å². The Balaban J connectivity index is 1.64. The minimum Gasteiger partial charge on any atom is -0.382 e. The van der Waals surface area contributed by atoms with E-state index in [0.717, 1.165) is 17.7 Å². The Bertz CT molecular complexity index is 596. The summed E-state index contributed by atoms with van der Waals surface area (Å²) in [5.41, 5.74) is 7.43. The fraction of sp³-hybridized carbons (Fsp3) is 0.462. The molecule has 1 aliphatic carbocycles. The number of aromatic nitrogens is 4. The molecule has 0 saturated heterocycles. The van der Waals surface area contributed by atoms with E-state index in [9.17, 15) is 0 Å². The van der Waals surface area contributed by atoms with E-state index in [1.807, 2.05) is 10.9 Å². The van der Waals surface area contributed by atoms with Crippen molar-refractivity contribution in [2.75, 3.05) is 12.3 Å². The van der Waals surface area contributed by atoms with Crippen LogP contribution in [0.25, 0.3) is 11.1 Å². The third-order valence-electron chi connectivity index (χ3n) is 3.46. The highest BCUT2D eigenvalue weighted by Crippen LogP contribution is 2.25. The molecule has 0 unspecified atom stereocenters. The molecule has 2 aromatic heterocycles. The van der Waals surface area contributed by atoms with E-state index >= 15 is 0 Å². The second-order valence-electron chi connectivity index (χ2n) is 4.88. The van der Waals surface area contributed by atoms with Crippen LogP contribution in [-0.4, -0.2) is 32.7 Å². The third kappa shape index (κ3) is 2.91. The zero-order valence-electron chi connectivity index (χ0n) is 11.0. The van der Waals surface area contributed by atoms with E-state index in [0.29, 0.717) is 23.7 Å². The molecular weight excluding hydrogens is 278 g/mol. The van der Waals surface area contributed by atoms with Crippen molar-refractivity contribution in [1.82, 2.24) is 20.0 Å². The maximum Gasteiger partial charge on any atom is 0.154 e. The van der Waals surface area contributed by atoms with Crippen molar-refractivity contribution in [1.29, 1.82) is 0 Å². The summed E-state index contributed by atoms with van der Waals surface area (Å²) in [6.07, 6.45) is 7.75. The minimum atomic E-state index is 0.315. The quantitative estimate of drug-likeness (QED) is 0.914. The fourth-order valence-electron chi connectivity index (χ4n) is 2.08. The molecule has 1 aliphatic rings. The molecule has 0 aromatic carbocycles. The van der Waals surface area contributed by atoms with Gasteiger partial charge in [0.2, 0.25) is 0 Å². The molecule has 6 nitrogen and oxygen atoms in total. The lowest BCUT2D eigenvalue weighted by Crippen LogP contribution is -2.23. The number of nitrogens with two attached hydrogens (primary N) is 1. The molecule has 2 heterocycles. The Morgan fingerprint density at radius 2 is 2.25 bits per heavy atom. The van der Waals surface area contributed by atoms with Gasteiger partial charge in [0, 0.05) is 17.3 Å². The van der Waals surface area contributed by atoms with Crippen LogP contribution in [0.15, 0.2) is 18.5 Å². The first-order chi connectivity index (χ1) is 9.72. The highest BCUT2D eigenvalue weighted by atomic mass is 35.5. The molecule has 7 heteroatoms. The van der Waals surface area contributed by atoms with Crippen molar-refractivity contribution < 1.29 is 4.74 Å². The molecule has 0 radical (unpaired) electrons. The first-order valence-corrected chi connectivity index (χ1v) is 7.03. The van der Waals surface area contributed by atoms with Crippen molar-refractivity contribution in [3.63, 3.8) is 0 Å². The van der Waals surface area contributed by atoms with E-state index in [-0.39, 0.29) is 0 Å². The summed E-state index contributed by atoms with van der Waals surface area (Å²) in [7, 11) is 0. The van der Waals surface area contributed by atoms with Crippen LogP contribution in [0.5, 0.6) is 0 Å². The molecule has 0 aliphatic heterocycles. The van der Waals surface area contributed by atoms with Crippen molar-refractivity contribution >= 4 is 17.4 Å². The van der Waals surface area contributed by atoms with Gasteiger partial charge in [-0.2, -0.15) is 5.10 Å². The van der Waals surface area contributed by atoms with Gasteiger partial charge in [-0.25, -0.2) is 0 Å². The van der Waals surface area contributed by atoms with Crippen LogP contribution in [0.1, 0.15) is 19.3 Å². The SMILES string of the molecule is Nc1nnc(Cl)cc1-c1cnn(CCOC2CCC2)c1. The largest absolute Gasteiger partial charge is 0.382 e. The smallest absolute Gasteiger partial charge is 0.154 e. The minimum absolute atomic E-state index is 0.315. The molecule has 3 rings (SSSR count). The molecule has 2 aromatic rings. The maximum atomic E-state index is 5.84. The van der Waals surface area contributed by atoms with Gasteiger partial charge in [-0.3, -0.25) is 4.68 Å². The van der Waals surface area contributed by atoms with Gasteiger partial charge < -0.3 is 10.5 Å². The van der Waals surface area contributed by atoms with E-state index in [1.165, 1.54) is 19.3 Å². The van der Waals surface area contributed by atoms with Gasteiger partial charge in [-0.05, 0) is 25.3 Å². The molecule has 1 fully saturated rings.